The highest BCUT2D eigenvalue weighted by molar-refractivity contribution is 7.93. The number of aliphatic hydroxyl groups excluding tert-OH is 1. The molecule has 0 spiro atoms. The molecule has 0 amide bonds. The third-order valence-electron chi connectivity index (χ3n) is 2.87. The zero-order chi connectivity index (χ0) is 11.9. The molecule has 2 unspecified atom stereocenters. The quantitative estimate of drug-likeness (QED) is 0.791. The lowest BCUT2D eigenvalue weighted by molar-refractivity contribution is 0.153. The molecule has 1 heterocycles. The van der Waals surface area contributed by atoms with Crippen molar-refractivity contribution in [1.29, 1.82) is 0 Å². The second kappa shape index (κ2) is 3.69. The van der Waals surface area contributed by atoms with E-state index in [0.29, 0.717) is 0 Å². The van der Waals surface area contributed by atoms with Crippen molar-refractivity contribution >= 4 is 10.0 Å². The van der Waals surface area contributed by atoms with E-state index >= 15 is 0 Å². The summed E-state index contributed by atoms with van der Waals surface area (Å²) in [6.45, 7) is 3.43. The van der Waals surface area contributed by atoms with Crippen LogP contribution in [0.4, 0.5) is 0 Å². The first-order chi connectivity index (χ1) is 7.46. The largest absolute Gasteiger partial charge is 0.386 e. The molecule has 1 saturated heterocycles. The Bertz CT molecular complexity index is 509. The summed E-state index contributed by atoms with van der Waals surface area (Å²) >= 11 is 0. The number of hydrogen-bond acceptors (Lipinski definition) is 3. The number of aliphatic hydroxyl groups is 1. The van der Waals surface area contributed by atoms with Crippen LogP contribution in [-0.4, -0.2) is 31.0 Å². The molecule has 4 nitrogen and oxygen atoms in total. The van der Waals surface area contributed by atoms with Crippen LogP contribution in [0.1, 0.15) is 11.6 Å². The molecule has 2 atom stereocenters. The summed E-state index contributed by atoms with van der Waals surface area (Å²) in [4.78, 5) is -0.135. The molecule has 1 fully saturated rings. The van der Waals surface area contributed by atoms with Gasteiger partial charge in [0.1, 0.15) is 6.10 Å². The molecule has 2 rings (SSSR count). The van der Waals surface area contributed by atoms with Crippen LogP contribution in [0.3, 0.4) is 0 Å². The van der Waals surface area contributed by atoms with Gasteiger partial charge in [0.25, 0.3) is 0 Å². The van der Waals surface area contributed by atoms with Crippen molar-refractivity contribution in [3.63, 3.8) is 0 Å². The van der Waals surface area contributed by atoms with Gasteiger partial charge in [0.15, 0.2) is 0 Å². The molecule has 0 aromatic heterocycles. The zero-order valence-corrected chi connectivity index (χ0v) is 9.68. The van der Waals surface area contributed by atoms with E-state index in [2.05, 4.69) is 6.58 Å². The summed E-state index contributed by atoms with van der Waals surface area (Å²) in [7, 11) is -2.11. The Morgan fingerprint density at radius 1 is 1.31 bits per heavy atom. The van der Waals surface area contributed by atoms with Crippen molar-refractivity contribution in [2.24, 2.45) is 0 Å². The average molecular weight is 239 g/mol. The van der Waals surface area contributed by atoms with Crippen molar-refractivity contribution in [1.82, 2.24) is 4.31 Å². The maximum atomic E-state index is 11.8. The summed E-state index contributed by atoms with van der Waals surface area (Å²) in [5, 5.41) is 9.90. The molecular formula is C11H13NO3S. The van der Waals surface area contributed by atoms with Gasteiger partial charge in [-0.1, -0.05) is 36.9 Å². The van der Waals surface area contributed by atoms with Crippen LogP contribution in [0.2, 0.25) is 0 Å². The van der Waals surface area contributed by atoms with Crippen LogP contribution < -0.4 is 0 Å². The molecule has 1 aromatic rings. The van der Waals surface area contributed by atoms with Gasteiger partial charge in [0.05, 0.1) is 10.9 Å². The monoisotopic (exact) mass is 239 g/mol. The van der Waals surface area contributed by atoms with Crippen molar-refractivity contribution in [2.75, 3.05) is 7.05 Å². The highest BCUT2D eigenvalue weighted by Crippen LogP contribution is 2.38. The normalized spacial score (nSPS) is 29.5. The smallest absolute Gasteiger partial charge is 0.241 e. The van der Waals surface area contributed by atoms with E-state index in [4.69, 9.17) is 0 Å². The highest BCUT2D eigenvalue weighted by atomic mass is 32.2. The van der Waals surface area contributed by atoms with E-state index in [1.165, 1.54) is 7.05 Å². The lowest BCUT2D eigenvalue weighted by atomic mass is 10.0. The van der Waals surface area contributed by atoms with Crippen LogP contribution in [-0.2, 0) is 10.0 Å². The number of nitrogens with zero attached hydrogens (tertiary/aromatic N) is 1. The first kappa shape index (κ1) is 11.3. The van der Waals surface area contributed by atoms with Gasteiger partial charge in [0.2, 0.25) is 10.0 Å². The average Bonchev–Trinajstić information content (AvgIpc) is 2.42. The zero-order valence-electron chi connectivity index (χ0n) is 8.87. The molecule has 5 heteroatoms. The molecule has 1 aromatic carbocycles. The summed E-state index contributed by atoms with van der Waals surface area (Å²) in [5.74, 6) is 0. The molecule has 0 radical (unpaired) electrons. The fourth-order valence-corrected chi connectivity index (χ4v) is 3.24. The Morgan fingerprint density at radius 3 is 2.31 bits per heavy atom. The van der Waals surface area contributed by atoms with Gasteiger partial charge in [-0.25, -0.2) is 8.42 Å². The molecule has 0 aliphatic carbocycles. The van der Waals surface area contributed by atoms with Gasteiger partial charge in [-0.05, 0) is 5.56 Å². The fraction of sp³-hybridized carbons (Fsp3) is 0.273. The van der Waals surface area contributed by atoms with Crippen molar-refractivity contribution in [3.8, 4) is 0 Å². The Balaban J connectivity index is 2.49. The molecule has 1 aliphatic rings. The predicted molar refractivity (Wildman–Crippen MR) is 61.0 cm³/mol. The van der Waals surface area contributed by atoms with E-state index in [0.717, 1.165) is 9.87 Å². The Labute approximate surface area is 94.9 Å². The van der Waals surface area contributed by atoms with Gasteiger partial charge < -0.3 is 5.11 Å². The third kappa shape index (κ3) is 1.48. The molecule has 0 saturated carbocycles. The summed E-state index contributed by atoms with van der Waals surface area (Å²) in [6.07, 6.45) is -1.07. The second-order valence-electron chi connectivity index (χ2n) is 3.79. The topological polar surface area (TPSA) is 57.6 Å². The van der Waals surface area contributed by atoms with Crippen LogP contribution in [0.25, 0.3) is 0 Å². The lowest BCUT2D eigenvalue weighted by Gasteiger charge is -2.19. The van der Waals surface area contributed by atoms with Gasteiger partial charge in [0, 0.05) is 7.05 Å². The van der Waals surface area contributed by atoms with Gasteiger partial charge in [-0.15, -0.1) is 0 Å². The minimum absolute atomic E-state index is 0.135. The molecule has 86 valence electrons. The van der Waals surface area contributed by atoms with Crippen molar-refractivity contribution < 1.29 is 13.5 Å². The van der Waals surface area contributed by atoms with Crippen LogP contribution >= 0.6 is 0 Å². The van der Waals surface area contributed by atoms with Crippen LogP contribution in [0.5, 0.6) is 0 Å². The van der Waals surface area contributed by atoms with E-state index in [1.807, 2.05) is 18.2 Å². The minimum atomic E-state index is -3.56. The second-order valence-corrected chi connectivity index (χ2v) is 5.84. The predicted octanol–water partition coefficient (Wildman–Crippen LogP) is 0.878. The van der Waals surface area contributed by atoms with E-state index in [1.54, 1.807) is 12.1 Å². The molecule has 16 heavy (non-hydrogen) atoms. The number of rotatable bonds is 1. The maximum absolute atomic E-state index is 11.8. The van der Waals surface area contributed by atoms with Gasteiger partial charge in [-0.2, -0.15) is 4.31 Å². The number of benzene rings is 1. The van der Waals surface area contributed by atoms with E-state index in [-0.39, 0.29) is 4.91 Å². The molecule has 1 aliphatic heterocycles. The number of hydrogen-bond donors (Lipinski definition) is 1. The standard InChI is InChI=1S/C11H13NO3S/c1-8-11(13)10(12(2)16(8,14)15)9-6-4-3-5-7-9/h3-7,10-11,13H,1H2,2H3. The molecular weight excluding hydrogens is 226 g/mol. The van der Waals surface area contributed by atoms with E-state index in [9.17, 15) is 13.5 Å². The SMILES string of the molecule is C=C1C(O)C(c2ccccc2)N(C)S1(=O)=O. The highest BCUT2D eigenvalue weighted by Gasteiger charge is 2.45. The minimum Gasteiger partial charge on any atom is -0.386 e. The van der Waals surface area contributed by atoms with Crippen LogP contribution in [0.15, 0.2) is 41.8 Å². The third-order valence-corrected chi connectivity index (χ3v) is 4.76. The number of likely N-dealkylation sites (N-methyl/N-ethyl adjacent to an activating group) is 1. The van der Waals surface area contributed by atoms with Crippen molar-refractivity contribution in [2.45, 2.75) is 12.1 Å². The van der Waals surface area contributed by atoms with E-state index < -0.39 is 22.2 Å². The molecule has 0 bridgehead atoms. The van der Waals surface area contributed by atoms with Crippen LogP contribution in [0, 0.1) is 0 Å². The summed E-state index contributed by atoms with van der Waals surface area (Å²) < 4.78 is 24.7. The molecule has 1 N–H and O–H groups in total. The van der Waals surface area contributed by atoms with Crippen molar-refractivity contribution in [3.05, 3.63) is 47.4 Å². The Morgan fingerprint density at radius 2 is 1.88 bits per heavy atom. The summed E-state index contributed by atoms with van der Waals surface area (Å²) in [6, 6.07) is 8.47. The van der Waals surface area contributed by atoms with Gasteiger partial charge in [-0.3, -0.25) is 0 Å². The van der Waals surface area contributed by atoms with Gasteiger partial charge >= 0.3 is 0 Å². The maximum Gasteiger partial charge on any atom is 0.241 e. The number of sulfonamides is 1. The Hall–Kier alpha value is -1.17. The Kier molecular flexibility index (Phi) is 2.61. The first-order valence-electron chi connectivity index (χ1n) is 4.86. The lowest BCUT2D eigenvalue weighted by Crippen LogP contribution is -2.25. The summed E-state index contributed by atoms with van der Waals surface area (Å²) in [5.41, 5.74) is 0.764. The fourth-order valence-electron chi connectivity index (χ4n) is 1.90. The first-order valence-corrected chi connectivity index (χ1v) is 6.30.